The van der Waals surface area contributed by atoms with Crippen LogP contribution in [-0.4, -0.2) is 45.2 Å². The molecule has 7 heteroatoms. The lowest BCUT2D eigenvalue weighted by Gasteiger charge is -2.31. The minimum Gasteiger partial charge on any atom is -0.361 e. The van der Waals surface area contributed by atoms with Crippen LogP contribution >= 0.6 is 0 Å². The van der Waals surface area contributed by atoms with Crippen molar-refractivity contribution in [2.24, 2.45) is 7.05 Å². The SMILES string of the molecule is Cn1cc2c(n1)[C@H](C(=O)NCCc1c[nH]c3ccc(F)cc13)CN(CCc1ccccc1)C2. The molecule has 0 unspecified atom stereocenters. The quantitative estimate of drug-likeness (QED) is 0.457. The molecule has 0 bridgehead atoms. The summed E-state index contributed by atoms with van der Waals surface area (Å²) < 4.78 is 15.4. The minimum absolute atomic E-state index is 0.00890. The highest BCUT2D eigenvalue weighted by Crippen LogP contribution is 2.27. The number of nitrogens with one attached hydrogen (secondary N) is 2. The van der Waals surface area contributed by atoms with Crippen molar-refractivity contribution in [3.63, 3.8) is 0 Å². The van der Waals surface area contributed by atoms with E-state index >= 15 is 0 Å². The zero-order valence-electron chi connectivity index (χ0n) is 18.7. The van der Waals surface area contributed by atoms with Gasteiger partial charge in [-0.15, -0.1) is 0 Å². The number of hydrogen-bond acceptors (Lipinski definition) is 3. The topological polar surface area (TPSA) is 66.0 Å². The van der Waals surface area contributed by atoms with Crippen LogP contribution in [0.4, 0.5) is 4.39 Å². The molecule has 170 valence electrons. The number of H-pyrrole nitrogens is 1. The van der Waals surface area contributed by atoms with E-state index < -0.39 is 0 Å². The number of benzene rings is 2. The number of aromatic amines is 1. The number of amides is 1. The lowest BCUT2D eigenvalue weighted by Crippen LogP contribution is -2.42. The van der Waals surface area contributed by atoms with Crippen LogP contribution in [0.2, 0.25) is 0 Å². The highest BCUT2D eigenvalue weighted by atomic mass is 19.1. The van der Waals surface area contributed by atoms with Gasteiger partial charge in [0.15, 0.2) is 0 Å². The first-order chi connectivity index (χ1) is 16.1. The zero-order valence-corrected chi connectivity index (χ0v) is 18.7. The molecule has 0 fully saturated rings. The summed E-state index contributed by atoms with van der Waals surface area (Å²) >= 11 is 0. The molecule has 5 rings (SSSR count). The molecule has 0 radical (unpaired) electrons. The maximum Gasteiger partial charge on any atom is 0.230 e. The second kappa shape index (κ2) is 9.19. The Balaban J connectivity index is 1.24. The monoisotopic (exact) mass is 445 g/mol. The van der Waals surface area contributed by atoms with Crippen LogP contribution in [0.25, 0.3) is 10.9 Å². The Labute approximate surface area is 192 Å². The van der Waals surface area contributed by atoms with Crippen molar-refractivity contribution in [2.75, 3.05) is 19.6 Å². The zero-order chi connectivity index (χ0) is 22.8. The summed E-state index contributed by atoms with van der Waals surface area (Å²) in [5.41, 5.74) is 5.18. The summed E-state index contributed by atoms with van der Waals surface area (Å²) in [7, 11) is 1.90. The molecular weight excluding hydrogens is 417 g/mol. The van der Waals surface area contributed by atoms with Gasteiger partial charge in [-0.3, -0.25) is 14.4 Å². The molecule has 33 heavy (non-hydrogen) atoms. The average Bonchev–Trinajstić information content (AvgIpc) is 3.39. The average molecular weight is 446 g/mol. The summed E-state index contributed by atoms with van der Waals surface area (Å²) in [5.74, 6) is -0.565. The molecule has 1 amide bonds. The van der Waals surface area contributed by atoms with E-state index in [1.165, 1.54) is 17.7 Å². The van der Waals surface area contributed by atoms with Gasteiger partial charge in [-0.2, -0.15) is 5.10 Å². The van der Waals surface area contributed by atoms with Crippen molar-refractivity contribution < 1.29 is 9.18 Å². The molecule has 1 aliphatic heterocycles. The summed E-state index contributed by atoms with van der Waals surface area (Å²) in [6.07, 6.45) is 5.49. The molecule has 0 saturated heterocycles. The molecule has 4 aromatic rings. The van der Waals surface area contributed by atoms with Crippen molar-refractivity contribution in [1.82, 2.24) is 25.0 Å². The molecule has 2 aromatic heterocycles. The molecule has 1 atom stereocenters. The normalized spacial score (nSPS) is 16.1. The number of fused-ring (bicyclic) bond motifs is 2. The first-order valence-electron chi connectivity index (χ1n) is 11.4. The first-order valence-corrected chi connectivity index (χ1v) is 11.4. The second-order valence-electron chi connectivity index (χ2n) is 8.78. The number of halogens is 1. The summed E-state index contributed by atoms with van der Waals surface area (Å²) in [5, 5.41) is 8.55. The number of aryl methyl sites for hydroxylation is 1. The van der Waals surface area contributed by atoms with Crippen LogP contribution in [0, 0.1) is 5.82 Å². The number of aromatic nitrogens is 3. The molecule has 0 saturated carbocycles. The lowest BCUT2D eigenvalue weighted by atomic mass is 9.95. The Hall–Kier alpha value is -3.45. The van der Waals surface area contributed by atoms with E-state index in [0.29, 0.717) is 19.5 Å². The Morgan fingerprint density at radius 1 is 1.21 bits per heavy atom. The molecule has 2 aromatic carbocycles. The highest BCUT2D eigenvalue weighted by molar-refractivity contribution is 5.85. The van der Waals surface area contributed by atoms with Gasteiger partial charge < -0.3 is 10.3 Å². The van der Waals surface area contributed by atoms with E-state index in [0.717, 1.165) is 47.2 Å². The van der Waals surface area contributed by atoms with Gasteiger partial charge in [0.05, 0.1) is 11.6 Å². The Morgan fingerprint density at radius 2 is 2.06 bits per heavy atom. The molecule has 2 N–H and O–H groups in total. The fraction of sp³-hybridized carbons (Fsp3) is 0.308. The van der Waals surface area contributed by atoms with Gasteiger partial charge in [0, 0.05) is 62.1 Å². The summed E-state index contributed by atoms with van der Waals surface area (Å²) in [6, 6.07) is 15.1. The standard InChI is InChI=1S/C26H28FN5O/c1-31-15-20-16-32(12-10-18-5-3-2-4-6-18)17-23(25(20)30-31)26(33)28-11-9-19-14-29-24-8-7-21(27)13-22(19)24/h2-8,13-15,23,29H,9-12,16-17H2,1H3,(H,28,33)/t23-/m1/s1. The summed E-state index contributed by atoms with van der Waals surface area (Å²) in [6.45, 7) is 2.84. The van der Waals surface area contributed by atoms with Gasteiger partial charge in [-0.05, 0) is 42.2 Å². The first kappa shape index (κ1) is 21.4. The van der Waals surface area contributed by atoms with Crippen LogP contribution in [0.3, 0.4) is 0 Å². The molecular formula is C26H28FN5O. The molecule has 6 nitrogen and oxygen atoms in total. The van der Waals surface area contributed by atoms with Crippen LogP contribution in [0.5, 0.6) is 0 Å². The third-order valence-corrected chi connectivity index (χ3v) is 6.40. The number of carbonyl (C=O) groups excluding carboxylic acids is 1. The van der Waals surface area contributed by atoms with Gasteiger partial charge in [-0.1, -0.05) is 30.3 Å². The van der Waals surface area contributed by atoms with Gasteiger partial charge in [0.1, 0.15) is 5.82 Å². The van der Waals surface area contributed by atoms with E-state index in [2.05, 4.69) is 44.6 Å². The largest absolute Gasteiger partial charge is 0.361 e. The van der Waals surface area contributed by atoms with Crippen molar-refractivity contribution in [3.05, 3.63) is 89.1 Å². The van der Waals surface area contributed by atoms with Crippen LogP contribution in [0.15, 0.2) is 60.9 Å². The smallest absolute Gasteiger partial charge is 0.230 e. The van der Waals surface area contributed by atoms with Gasteiger partial charge in [0.25, 0.3) is 0 Å². The third-order valence-electron chi connectivity index (χ3n) is 6.40. The van der Waals surface area contributed by atoms with Crippen molar-refractivity contribution in [2.45, 2.75) is 25.3 Å². The third kappa shape index (κ3) is 4.68. The summed E-state index contributed by atoms with van der Waals surface area (Å²) in [4.78, 5) is 18.7. The van der Waals surface area contributed by atoms with Crippen molar-refractivity contribution >= 4 is 16.8 Å². The van der Waals surface area contributed by atoms with E-state index in [1.807, 2.05) is 25.5 Å². The minimum atomic E-state index is -0.300. The van der Waals surface area contributed by atoms with Gasteiger partial charge in [0.2, 0.25) is 5.91 Å². The fourth-order valence-corrected chi connectivity index (χ4v) is 4.73. The fourth-order valence-electron chi connectivity index (χ4n) is 4.73. The Morgan fingerprint density at radius 3 is 2.91 bits per heavy atom. The van der Waals surface area contributed by atoms with Crippen LogP contribution < -0.4 is 5.32 Å². The van der Waals surface area contributed by atoms with Crippen LogP contribution in [0.1, 0.15) is 28.3 Å². The van der Waals surface area contributed by atoms with Gasteiger partial charge in [-0.25, -0.2) is 4.39 Å². The van der Waals surface area contributed by atoms with Crippen molar-refractivity contribution in [3.8, 4) is 0 Å². The number of hydrogen-bond donors (Lipinski definition) is 2. The number of rotatable bonds is 7. The van der Waals surface area contributed by atoms with E-state index in [9.17, 15) is 9.18 Å². The Kier molecular flexibility index (Phi) is 5.96. The molecule has 3 heterocycles. The van der Waals surface area contributed by atoms with E-state index in [1.54, 1.807) is 10.7 Å². The van der Waals surface area contributed by atoms with E-state index in [-0.39, 0.29) is 17.6 Å². The van der Waals surface area contributed by atoms with Crippen LogP contribution in [-0.2, 0) is 31.2 Å². The molecule has 1 aliphatic rings. The molecule has 0 spiro atoms. The second-order valence-corrected chi connectivity index (χ2v) is 8.78. The maximum absolute atomic E-state index is 13.6. The highest BCUT2D eigenvalue weighted by Gasteiger charge is 2.33. The number of nitrogens with zero attached hydrogens (tertiary/aromatic N) is 3. The van der Waals surface area contributed by atoms with E-state index in [4.69, 9.17) is 0 Å². The lowest BCUT2D eigenvalue weighted by molar-refractivity contribution is -0.123. The number of carbonyl (C=O) groups is 1. The molecule has 0 aliphatic carbocycles. The predicted molar refractivity (Wildman–Crippen MR) is 126 cm³/mol. The Bertz CT molecular complexity index is 1260. The maximum atomic E-state index is 13.6. The van der Waals surface area contributed by atoms with Gasteiger partial charge >= 0.3 is 0 Å². The predicted octanol–water partition coefficient (Wildman–Crippen LogP) is 3.54. The van der Waals surface area contributed by atoms with Crippen molar-refractivity contribution in [1.29, 1.82) is 0 Å².